The van der Waals surface area contributed by atoms with Crippen molar-refractivity contribution in [1.29, 1.82) is 0 Å². The van der Waals surface area contributed by atoms with Crippen molar-refractivity contribution in [3.8, 4) is 0 Å². The molecular formula is C20H26N2O3S2. The predicted molar refractivity (Wildman–Crippen MR) is 114 cm³/mol. The Kier molecular flexibility index (Phi) is 8.47. The second kappa shape index (κ2) is 10.6. The van der Waals surface area contributed by atoms with Crippen molar-refractivity contribution in [1.82, 2.24) is 9.80 Å². The fraction of sp³-hybridized carbons (Fsp3) is 0.450. The maximum atomic E-state index is 12.6. The molecule has 5 nitrogen and oxygen atoms in total. The minimum absolute atomic E-state index is 0.0106. The van der Waals surface area contributed by atoms with Crippen LogP contribution in [0.1, 0.15) is 37.8 Å². The van der Waals surface area contributed by atoms with Crippen molar-refractivity contribution < 1.29 is 14.7 Å². The monoisotopic (exact) mass is 406 g/mol. The summed E-state index contributed by atoms with van der Waals surface area (Å²) >= 11 is 6.65. The highest BCUT2D eigenvalue weighted by atomic mass is 32.2. The minimum atomic E-state index is -0.0975. The lowest BCUT2D eigenvalue weighted by Crippen LogP contribution is -2.34. The highest BCUT2D eigenvalue weighted by molar-refractivity contribution is 8.26. The summed E-state index contributed by atoms with van der Waals surface area (Å²) in [5, 5.41) is 8.99. The SMILES string of the molecule is CCc1ccc(/C=C2\SC(=S)N(CCCC(=O)N(CC)CCO)C2=O)cc1. The number of rotatable bonds is 9. The predicted octanol–water partition coefficient (Wildman–Crippen LogP) is 3.07. The molecule has 27 heavy (non-hydrogen) atoms. The average Bonchev–Trinajstić information content (AvgIpc) is 2.93. The van der Waals surface area contributed by atoms with Gasteiger partial charge in [0.25, 0.3) is 5.91 Å². The molecule has 0 bridgehead atoms. The summed E-state index contributed by atoms with van der Waals surface area (Å²) in [5.74, 6) is -0.108. The summed E-state index contributed by atoms with van der Waals surface area (Å²) in [6.07, 6.45) is 3.73. The lowest BCUT2D eigenvalue weighted by atomic mass is 10.1. The molecule has 1 heterocycles. The molecule has 0 aliphatic carbocycles. The van der Waals surface area contributed by atoms with E-state index in [0.717, 1.165) is 12.0 Å². The molecule has 2 amide bonds. The average molecular weight is 407 g/mol. The highest BCUT2D eigenvalue weighted by Crippen LogP contribution is 2.32. The van der Waals surface area contributed by atoms with E-state index in [-0.39, 0.29) is 18.4 Å². The highest BCUT2D eigenvalue weighted by Gasteiger charge is 2.31. The smallest absolute Gasteiger partial charge is 0.266 e. The molecule has 0 saturated carbocycles. The van der Waals surface area contributed by atoms with Crippen LogP contribution in [0.2, 0.25) is 0 Å². The number of likely N-dealkylation sites (N-methyl/N-ethyl adjacent to an activating group) is 1. The second-order valence-electron chi connectivity index (χ2n) is 6.23. The van der Waals surface area contributed by atoms with Crippen LogP contribution in [0.3, 0.4) is 0 Å². The number of aryl methyl sites for hydroxylation is 1. The molecule has 0 spiro atoms. The van der Waals surface area contributed by atoms with Crippen molar-refractivity contribution in [2.45, 2.75) is 33.1 Å². The molecule has 1 aliphatic heterocycles. The van der Waals surface area contributed by atoms with E-state index in [1.807, 2.05) is 25.1 Å². The lowest BCUT2D eigenvalue weighted by molar-refractivity contribution is -0.132. The number of hydrogen-bond donors (Lipinski definition) is 1. The summed E-state index contributed by atoms with van der Waals surface area (Å²) in [6, 6.07) is 8.13. The van der Waals surface area contributed by atoms with Crippen LogP contribution in [0, 0.1) is 0 Å². The molecule has 1 aromatic carbocycles. The van der Waals surface area contributed by atoms with Gasteiger partial charge >= 0.3 is 0 Å². The van der Waals surface area contributed by atoms with Crippen LogP contribution in [-0.4, -0.2) is 57.3 Å². The number of amides is 2. The Morgan fingerprint density at radius 2 is 2.00 bits per heavy atom. The van der Waals surface area contributed by atoms with Crippen molar-refractivity contribution in [3.05, 3.63) is 40.3 Å². The normalized spacial score (nSPS) is 15.7. The summed E-state index contributed by atoms with van der Waals surface area (Å²) in [5.41, 5.74) is 2.23. The molecule has 0 unspecified atom stereocenters. The van der Waals surface area contributed by atoms with E-state index in [1.165, 1.54) is 17.3 Å². The maximum absolute atomic E-state index is 12.6. The van der Waals surface area contributed by atoms with Gasteiger partial charge in [0.1, 0.15) is 4.32 Å². The van der Waals surface area contributed by atoms with Gasteiger partial charge in [-0.05, 0) is 37.0 Å². The Hall–Kier alpha value is -1.70. The van der Waals surface area contributed by atoms with E-state index < -0.39 is 0 Å². The molecule has 146 valence electrons. The van der Waals surface area contributed by atoms with E-state index in [0.29, 0.717) is 41.7 Å². The number of carbonyl (C=O) groups excluding carboxylic acids is 2. The fourth-order valence-electron chi connectivity index (χ4n) is 2.82. The lowest BCUT2D eigenvalue weighted by Gasteiger charge is -2.20. The van der Waals surface area contributed by atoms with Crippen LogP contribution in [-0.2, 0) is 16.0 Å². The first kappa shape index (κ1) is 21.6. The first-order valence-electron chi connectivity index (χ1n) is 9.23. The van der Waals surface area contributed by atoms with Gasteiger partial charge in [0.15, 0.2) is 0 Å². The minimum Gasteiger partial charge on any atom is -0.395 e. The van der Waals surface area contributed by atoms with Gasteiger partial charge in [-0.1, -0.05) is 55.2 Å². The third kappa shape index (κ3) is 5.89. The van der Waals surface area contributed by atoms with Crippen LogP contribution in [0.5, 0.6) is 0 Å². The van der Waals surface area contributed by atoms with Crippen LogP contribution >= 0.6 is 24.0 Å². The third-order valence-corrected chi connectivity index (χ3v) is 5.81. The van der Waals surface area contributed by atoms with Crippen molar-refractivity contribution in [2.75, 3.05) is 26.2 Å². The molecule has 1 fully saturated rings. The number of benzene rings is 1. The van der Waals surface area contributed by atoms with Crippen LogP contribution < -0.4 is 0 Å². The Morgan fingerprint density at radius 3 is 2.59 bits per heavy atom. The van der Waals surface area contributed by atoms with Crippen LogP contribution in [0.4, 0.5) is 0 Å². The van der Waals surface area contributed by atoms with Gasteiger partial charge in [0.2, 0.25) is 5.91 Å². The first-order chi connectivity index (χ1) is 13.0. The van der Waals surface area contributed by atoms with Gasteiger partial charge in [0.05, 0.1) is 11.5 Å². The number of carbonyl (C=O) groups is 2. The topological polar surface area (TPSA) is 60.9 Å². The zero-order valence-corrected chi connectivity index (χ0v) is 17.4. The van der Waals surface area contributed by atoms with E-state index >= 15 is 0 Å². The zero-order chi connectivity index (χ0) is 19.8. The zero-order valence-electron chi connectivity index (χ0n) is 15.8. The number of hydrogen-bond acceptors (Lipinski definition) is 5. The second-order valence-corrected chi connectivity index (χ2v) is 7.90. The van der Waals surface area contributed by atoms with Crippen LogP contribution in [0.25, 0.3) is 6.08 Å². The standard InChI is InChI=1S/C20H26N2O3S2/c1-3-15-7-9-16(10-8-15)14-17-19(25)22(20(26)27-17)11-5-6-18(24)21(4-2)12-13-23/h7-10,14,23H,3-6,11-13H2,1-2H3/b17-14-. The maximum Gasteiger partial charge on any atom is 0.266 e. The Labute approximate surface area is 170 Å². The van der Waals surface area contributed by atoms with Crippen molar-refractivity contribution in [2.24, 2.45) is 0 Å². The van der Waals surface area contributed by atoms with Gasteiger partial charge in [-0.25, -0.2) is 0 Å². The molecule has 1 N–H and O–H groups in total. The summed E-state index contributed by atoms with van der Waals surface area (Å²) < 4.78 is 0.534. The molecule has 1 aliphatic rings. The van der Waals surface area contributed by atoms with Gasteiger partial charge in [-0.15, -0.1) is 0 Å². The van der Waals surface area contributed by atoms with Gasteiger partial charge in [-0.2, -0.15) is 0 Å². The van der Waals surface area contributed by atoms with E-state index in [4.69, 9.17) is 17.3 Å². The molecule has 7 heteroatoms. The van der Waals surface area contributed by atoms with Crippen molar-refractivity contribution in [3.63, 3.8) is 0 Å². The van der Waals surface area contributed by atoms with Crippen molar-refractivity contribution >= 4 is 46.2 Å². The molecule has 1 aromatic rings. The number of thioether (sulfide) groups is 1. The third-order valence-electron chi connectivity index (χ3n) is 4.44. The number of aliphatic hydroxyl groups excluding tert-OH is 1. The first-order valence-corrected chi connectivity index (χ1v) is 10.5. The molecule has 1 saturated heterocycles. The van der Waals surface area contributed by atoms with Crippen LogP contribution in [0.15, 0.2) is 29.2 Å². The van der Waals surface area contributed by atoms with E-state index in [1.54, 1.807) is 9.80 Å². The Morgan fingerprint density at radius 1 is 1.30 bits per heavy atom. The largest absolute Gasteiger partial charge is 0.395 e. The molecule has 0 atom stereocenters. The summed E-state index contributed by atoms with van der Waals surface area (Å²) in [4.78, 5) is 28.6. The van der Waals surface area contributed by atoms with E-state index in [2.05, 4.69) is 19.1 Å². The Balaban J connectivity index is 1.93. The summed E-state index contributed by atoms with van der Waals surface area (Å²) in [7, 11) is 0. The van der Waals surface area contributed by atoms with E-state index in [9.17, 15) is 9.59 Å². The molecular weight excluding hydrogens is 380 g/mol. The fourth-order valence-corrected chi connectivity index (χ4v) is 4.13. The number of nitrogens with zero attached hydrogens (tertiary/aromatic N) is 2. The van der Waals surface area contributed by atoms with Gasteiger partial charge in [0, 0.05) is 26.1 Å². The quantitative estimate of drug-likeness (QED) is 0.504. The number of thiocarbonyl (C=S) groups is 1. The van der Waals surface area contributed by atoms with Gasteiger partial charge < -0.3 is 10.0 Å². The number of aliphatic hydroxyl groups is 1. The summed E-state index contributed by atoms with van der Waals surface area (Å²) in [6.45, 7) is 5.29. The molecule has 2 rings (SSSR count). The molecule has 0 aromatic heterocycles. The molecule has 0 radical (unpaired) electrons. The van der Waals surface area contributed by atoms with Gasteiger partial charge in [-0.3, -0.25) is 14.5 Å². The Bertz CT molecular complexity index is 716.